The average Bonchev–Trinajstić information content (AvgIpc) is 3.25. The van der Waals surface area contributed by atoms with Crippen molar-refractivity contribution in [3.63, 3.8) is 0 Å². The van der Waals surface area contributed by atoms with Crippen LogP contribution < -0.4 is 10.6 Å². The van der Waals surface area contributed by atoms with Crippen LogP contribution in [0.2, 0.25) is 0 Å². The lowest BCUT2D eigenvalue weighted by Crippen LogP contribution is -2.47. The van der Waals surface area contributed by atoms with Crippen molar-refractivity contribution < 1.29 is 4.74 Å². The maximum absolute atomic E-state index is 6.11. The van der Waals surface area contributed by atoms with Crippen LogP contribution in [-0.2, 0) is 11.3 Å². The SMILES string of the molecule is CCNC(=NCc1ccc(-n2cncn2)cc1)NCC1CCCOC1C(C)(C)C.I. The summed E-state index contributed by atoms with van der Waals surface area (Å²) in [4.78, 5) is 8.75. The van der Waals surface area contributed by atoms with Gasteiger partial charge in [-0.25, -0.2) is 14.7 Å². The van der Waals surface area contributed by atoms with Crippen LogP contribution in [-0.4, -0.2) is 46.5 Å². The van der Waals surface area contributed by atoms with Gasteiger partial charge in [-0.1, -0.05) is 32.9 Å². The summed E-state index contributed by atoms with van der Waals surface area (Å²) < 4.78 is 7.85. The van der Waals surface area contributed by atoms with Gasteiger partial charge in [0.1, 0.15) is 12.7 Å². The molecular formula is C22H35IN6O. The van der Waals surface area contributed by atoms with E-state index in [1.165, 1.54) is 12.7 Å². The third kappa shape index (κ3) is 6.94. The number of benzene rings is 1. The van der Waals surface area contributed by atoms with Crippen LogP contribution in [0.1, 0.15) is 46.1 Å². The van der Waals surface area contributed by atoms with Crippen LogP contribution in [0.5, 0.6) is 0 Å². The number of ether oxygens (including phenoxy) is 1. The summed E-state index contributed by atoms with van der Waals surface area (Å²) in [5.41, 5.74) is 2.29. The van der Waals surface area contributed by atoms with Crippen molar-refractivity contribution in [1.29, 1.82) is 0 Å². The Morgan fingerprint density at radius 3 is 2.63 bits per heavy atom. The fourth-order valence-electron chi connectivity index (χ4n) is 3.84. The second-order valence-electron chi connectivity index (χ2n) is 8.64. The first-order valence-corrected chi connectivity index (χ1v) is 10.5. The van der Waals surface area contributed by atoms with Crippen molar-refractivity contribution in [1.82, 2.24) is 25.4 Å². The monoisotopic (exact) mass is 526 g/mol. The van der Waals surface area contributed by atoms with Gasteiger partial charge in [0, 0.05) is 25.6 Å². The summed E-state index contributed by atoms with van der Waals surface area (Å²) in [6.45, 7) is 12.1. The second-order valence-corrected chi connectivity index (χ2v) is 8.64. The lowest BCUT2D eigenvalue weighted by molar-refractivity contribution is -0.0835. The summed E-state index contributed by atoms with van der Waals surface area (Å²) in [5, 5.41) is 11.0. The first kappa shape index (κ1) is 24.6. The first-order valence-electron chi connectivity index (χ1n) is 10.5. The number of hydrogen-bond donors (Lipinski definition) is 2. The van der Waals surface area contributed by atoms with Gasteiger partial charge in [0.25, 0.3) is 0 Å². The van der Waals surface area contributed by atoms with E-state index < -0.39 is 0 Å². The summed E-state index contributed by atoms with van der Waals surface area (Å²) in [7, 11) is 0. The molecule has 1 aromatic heterocycles. The van der Waals surface area contributed by atoms with Gasteiger partial charge in [0.05, 0.1) is 18.3 Å². The third-order valence-corrected chi connectivity index (χ3v) is 5.21. The van der Waals surface area contributed by atoms with Gasteiger partial charge in [-0.3, -0.25) is 0 Å². The van der Waals surface area contributed by atoms with Gasteiger partial charge in [-0.05, 0) is 42.9 Å². The zero-order valence-electron chi connectivity index (χ0n) is 18.5. The van der Waals surface area contributed by atoms with Gasteiger partial charge in [0.15, 0.2) is 5.96 Å². The fraction of sp³-hybridized carbons (Fsp3) is 0.591. The molecule has 1 fully saturated rings. The topological polar surface area (TPSA) is 76.4 Å². The zero-order chi connectivity index (χ0) is 20.7. The van der Waals surface area contributed by atoms with E-state index in [1.54, 1.807) is 11.0 Å². The number of nitrogens with one attached hydrogen (secondary N) is 2. The van der Waals surface area contributed by atoms with Crippen LogP contribution in [0.3, 0.4) is 0 Å². The Bertz CT molecular complexity index is 770. The van der Waals surface area contributed by atoms with Gasteiger partial charge < -0.3 is 15.4 Å². The summed E-state index contributed by atoms with van der Waals surface area (Å²) in [6.07, 6.45) is 5.83. The largest absolute Gasteiger partial charge is 0.377 e. The highest BCUT2D eigenvalue weighted by Gasteiger charge is 2.35. The molecule has 2 unspecified atom stereocenters. The van der Waals surface area contributed by atoms with E-state index >= 15 is 0 Å². The molecule has 1 aliphatic heterocycles. The molecule has 1 aromatic carbocycles. The molecule has 0 aliphatic carbocycles. The average molecular weight is 526 g/mol. The summed E-state index contributed by atoms with van der Waals surface area (Å²) in [6, 6.07) is 8.23. The van der Waals surface area contributed by atoms with Crippen molar-refractivity contribution in [3.05, 3.63) is 42.5 Å². The van der Waals surface area contributed by atoms with Crippen molar-refractivity contribution in [2.24, 2.45) is 16.3 Å². The number of aliphatic imine (C=N–C) groups is 1. The van der Waals surface area contributed by atoms with Crippen molar-refractivity contribution in [2.45, 2.75) is 53.2 Å². The molecule has 8 heteroatoms. The highest BCUT2D eigenvalue weighted by molar-refractivity contribution is 14.0. The van der Waals surface area contributed by atoms with Gasteiger partial charge in [-0.2, -0.15) is 5.10 Å². The van der Waals surface area contributed by atoms with Crippen LogP contribution >= 0.6 is 24.0 Å². The molecule has 2 N–H and O–H groups in total. The molecule has 30 heavy (non-hydrogen) atoms. The number of rotatable bonds is 6. The minimum atomic E-state index is 0. The molecule has 0 bridgehead atoms. The van der Waals surface area contributed by atoms with Crippen LogP contribution in [0.15, 0.2) is 41.9 Å². The molecule has 0 saturated carbocycles. The van der Waals surface area contributed by atoms with Gasteiger partial charge >= 0.3 is 0 Å². The fourth-order valence-corrected chi connectivity index (χ4v) is 3.84. The quantitative estimate of drug-likeness (QED) is 0.341. The van der Waals surface area contributed by atoms with Gasteiger partial charge in [-0.15, -0.1) is 24.0 Å². The maximum Gasteiger partial charge on any atom is 0.191 e. The first-order chi connectivity index (χ1) is 14.0. The smallest absolute Gasteiger partial charge is 0.191 e. The van der Waals surface area contributed by atoms with Crippen molar-refractivity contribution >= 4 is 29.9 Å². The molecule has 3 rings (SSSR count). The number of hydrogen-bond acceptors (Lipinski definition) is 4. The Kier molecular flexibility index (Phi) is 9.54. The molecule has 166 valence electrons. The van der Waals surface area contributed by atoms with E-state index in [9.17, 15) is 0 Å². The Morgan fingerprint density at radius 2 is 2.00 bits per heavy atom. The Balaban J connectivity index is 0.00000320. The number of guanidine groups is 1. The predicted molar refractivity (Wildman–Crippen MR) is 132 cm³/mol. The molecule has 1 aliphatic rings. The van der Waals surface area contributed by atoms with Crippen LogP contribution in [0, 0.1) is 11.3 Å². The molecular weight excluding hydrogens is 491 g/mol. The highest BCUT2D eigenvalue weighted by atomic mass is 127. The Morgan fingerprint density at radius 1 is 1.23 bits per heavy atom. The molecule has 0 amide bonds. The van der Waals surface area contributed by atoms with E-state index in [4.69, 9.17) is 9.73 Å². The molecule has 2 aromatic rings. The lowest BCUT2D eigenvalue weighted by atomic mass is 9.78. The lowest BCUT2D eigenvalue weighted by Gasteiger charge is -2.40. The summed E-state index contributed by atoms with van der Waals surface area (Å²) in [5.74, 6) is 1.35. The Hall–Kier alpha value is -1.68. The Labute approximate surface area is 197 Å². The van der Waals surface area contributed by atoms with Crippen LogP contribution in [0.4, 0.5) is 0 Å². The predicted octanol–water partition coefficient (Wildman–Crippen LogP) is 3.78. The molecule has 2 heterocycles. The number of nitrogens with zero attached hydrogens (tertiary/aromatic N) is 4. The van der Waals surface area contributed by atoms with E-state index in [0.717, 1.165) is 43.3 Å². The minimum Gasteiger partial charge on any atom is -0.377 e. The number of halogens is 1. The molecule has 7 nitrogen and oxygen atoms in total. The second kappa shape index (κ2) is 11.6. The maximum atomic E-state index is 6.11. The highest BCUT2D eigenvalue weighted by Crippen LogP contribution is 2.33. The van der Waals surface area contributed by atoms with Crippen molar-refractivity contribution in [3.8, 4) is 5.69 Å². The van der Waals surface area contributed by atoms with E-state index in [-0.39, 0.29) is 35.5 Å². The standard InChI is InChI=1S/C22H34N6O.HI/c1-5-24-21(26-14-18-7-6-12-29-20(18)22(2,3)4)25-13-17-8-10-19(11-9-17)28-16-23-15-27-28;/h8-11,15-16,18,20H,5-7,12-14H2,1-4H3,(H2,24,25,26);1H. The minimum absolute atomic E-state index is 0. The van der Waals surface area contributed by atoms with Crippen molar-refractivity contribution in [2.75, 3.05) is 19.7 Å². The van der Waals surface area contributed by atoms with E-state index in [0.29, 0.717) is 12.5 Å². The number of aromatic nitrogens is 3. The van der Waals surface area contributed by atoms with E-state index in [1.807, 2.05) is 12.1 Å². The molecule has 2 atom stereocenters. The molecule has 1 saturated heterocycles. The molecule has 0 radical (unpaired) electrons. The van der Waals surface area contributed by atoms with E-state index in [2.05, 4.69) is 60.5 Å². The van der Waals surface area contributed by atoms with Crippen LogP contribution in [0.25, 0.3) is 5.69 Å². The van der Waals surface area contributed by atoms with Gasteiger partial charge in [0.2, 0.25) is 0 Å². The third-order valence-electron chi connectivity index (χ3n) is 5.21. The zero-order valence-corrected chi connectivity index (χ0v) is 20.8. The normalized spacial score (nSPS) is 19.8. The summed E-state index contributed by atoms with van der Waals surface area (Å²) >= 11 is 0. The molecule has 0 spiro atoms.